The molecule has 140 valence electrons. The number of halogens is 1. The molecule has 2 aromatic rings. The second-order valence-electron chi connectivity index (χ2n) is 6.36. The van der Waals surface area contributed by atoms with Gasteiger partial charge >= 0.3 is 5.97 Å². The van der Waals surface area contributed by atoms with Crippen molar-refractivity contribution >= 4 is 28.9 Å². The molecule has 3 rings (SSSR count). The first-order chi connectivity index (χ1) is 13.0. The molecule has 0 spiro atoms. The first-order valence-electron chi connectivity index (χ1n) is 8.85. The normalized spacial score (nSPS) is 19.4. The summed E-state index contributed by atoms with van der Waals surface area (Å²) in [6.07, 6.45) is 2.07. The highest BCUT2D eigenvalue weighted by Crippen LogP contribution is 2.42. The van der Waals surface area contributed by atoms with Gasteiger partial charge in [0.25, 0.3) is 0 Å². The van der Waals surface area contributed by atoms with Crippen molar-refractivity contribution in [3.63, 3.8) is 0 Å². The van der Waals surface area contributed by atoms with Gasteiger partial charge < -0.3 is 9.47 Å². The average Bonchev–Trinajstić information content (AvgIpc) is 2.68. The molecule has 1 aliphatic rings. The predicted octanol–water partition coefficient (Wildman–Crippen LogP) is 4.67. The van der Waals surface area contributed by atoms with Crippen molar-refractivity contribution in [1.29, 1.82) is 0 Å². The molecule has 2 unspecified atom stereocenters. The molecule has 1 aliphatic carbocycles. The molecule has 0 aliphatic heterocycles. The summed E-state index contributed by atoms with van der Waals surface area (Å²) >= 11 is 6.39. The van der Waals surface area contributed by atoms with Gasteiger partial charge in [-0.3, -0.25) is 9.59 Å². The van der Waals surface area contributed by atoms with E-state index in [0.717, 1.165) is 22.4 Å². The van der Waals surface area contributed by atoms with Crippen molar-refractivity contribution in [1.82, 2.24) is 0 Å². The molecule has 0 amide bonds. The number of ether oxygens (including phenoxy) is 2. The van der Waals surface area contributed by atoms with Gasteiger partial charge in [0.05, 0.1) is 13.7 Å². The predicted molar refractivity (Wildman–Crippen MR) is 105 cm³/mol. The maximum Gasteiger partial charge on any atom is 0.317 e. The zero-order chi connectivity index (χ0) is 19.4. The smallest absolute Gasteiger partial charge is 0.317 e. The van der Waals surface area contributed by atoms with E-state index in [2.05, 4.69) is 0 Å². The quantitative estimate of drug-likeness (QED) is 0.555. The molecule has 27 heavy (non-hydrogen) atoms. The summed E-state index contributed by atoms with van der Waals surface area (Å²) in [6.45, 7) is 1.96. The molecule has 0 fully saturated rings. The molecule has 4 nitrogen and oxygen atoms in total. The van der Waals surface area contributed by atoms with Gasteiger partial charge in [0.15, 0.2) is 5.78 Å². The number of allylic oxidation sites excluding steroid dienone is 2. The number of benzene rings is 2. The zero-order valence-electron chi connectivity index (χ0n) is 15.3. The lowest BCUT2D eigenvalue weighted by atomic mass is 9.73. The number of hydrogen-bond donors (Lipinski definition) is 0. The number of hydrogen-bond acceptors (Lipinski definition) is 4. The Bertz CT molecular complexity index is 870. The summed E-state index contributed by atoms with van der Waals surface area (Å²) in [7, 11) is 1.61. The van der Waals surface area contributed by atoms with E-state index in [1.165, 1.54) is 0 Å². The van der Waals surface area contributed by atoms with Crippen LogP contribution in [0.1, 0.15) is 30.4 Å². The van der Waals surface area contributed by atoms with E-state index in [0.29, 0.717) is 11.4 Å². The molecule has 0 radical (unpaired) electrons. The summed E-state index contributed by atoms with van der Waals surface area (Å²) < 4.78 is 10.4. The molecule has 0 aromatic heterocycles. The second kappa shape index (κ2) is 8.40. The van der Waals surface area contributed by atoms with Crippen LogP contribution in [-0.2, 0) is 14.3 Å². The van der Waals surface area contributed by atoms with Gasteiger partial charge in [0.2, 0.25) is 0 Å². The first-order valence-corrected chi connectivity index (χ1v) is 9.22. The first kappa shape index (κ1) is 19.2. The molecular formula is C22H21ClO4. The number of ketones is 1. The topological polar surface area (TPSA) is 52.6 Å². The molecule has 2 aromatic carbocycles. The minimum atomic E-state index is -0.883. The monoisotopic (exact) mass is 384 g/mol. The third-order valence-corrected chi connectivity index (χ3v) is 5.12. The Balaban J connectivity index is 2.02. The van der Waals surface area contributed by atoms with E-state index in [1.54, 1.807) is 26.2 Å². The fraction of sp³-hybridized carbons (Fsp3) is 0.273. The Labute approximate surface area is 163 Å². The van der Waals surface area contributed by atoms with Crippen LogP contribution in [0.2, 0.25) is 5.02 Å². The minimum Gasteiger partial charge on any atom is -0.497 e. The van der Waals surface area contributed by atoms with Crippen LogP contribution in [0.25, 0.3) is 5.57 Å². The van der Waals surface area contributed by atoms with Crippen LogP contribution in [-0.4, -0.2) is 25.5 Å². The van der Waals surface area contributed by atoms with Crippen molar-refractivity contribution in [2.75, 3.05) is 13.7 Å². The highest BCUT2D eigenvalue weighted by atomic mass is 35.5. The molecule has 0 N–H and O–H groups in total. The van der Waals surface area contributed by atoms with Gasteiger partial charge in [-0.2, -0.15) is 0 Å². The summed E-state index contributed by atoms with van der Waals surface area (Å²) in [5, 5.41) is 0.542. The molecule has 0 bridgehead atoms. The number of esters is 1. The van der Waals surface area contributed by atoms with Crippen LogP contribution >= 0.6 is 11.6 Å². The standard InChI is InChI=1S/C22H21ClO4/c1-3-27-22(25)21-18(17-6-4-5-7-19(17)23)12-15(13-20(21)24)14-8-10-16(26-2)11-9-14/h4-11,13,18,21H,3,12H2,1-2H3. The Kier molecular flexibility index (Phi) is 5.97. The Morgan fingerprint density at radius 3 is 2.48 bits per heavy atom. The van der Waals surface area contributed by atoms with Gasteiger partial charge in [-0.05, 0) is 54.3 Å². The lowest BCUT2D eigenvalue weighted by Crippen LogP contribution is -2.34. The zero-order valence-corrected chi connectivity index (χ0v) is 16.0. The van der Waals surface area contributed by atoms with Crippen molar-refractivity contribution in [3.05, 3.63) is 70.8 Å². The maximum absolute atomic E-state index is 12.9. The second-order valence-corrected chi connectivity index (χ2v) is 6.77. The Hall–Kier alpha value is -2.59. The van der Waals surface area contributed by atoms with Crippen LogP contribution in [0.5, 0.6) is 5.75 Å². The Morgan fingerprint density at radius 1 is 1.15 bits per heavy atom. The highest BCUT2D eigenvalue weighted by molar-refractivity contribution is 6.31. The Morgan fingerprint density at radius 2 is 1.85 bits per heavy atom. The third-order valence-electron chi connectivity index (χ3n) is 4.77. The van der Waals surface area contributed by atoms with Crippen LogP contribution in [0.15, 0.2) is 54.6 Å². The molecular weight excluding hydrogens is 364 g/mol. The summed E-state index contributed by atoms with van der Waals surface area (Å²) in [5.74, 6) is -1.26. The number of carbonyl (C=O) groups is 2. The number of methoxy groups -OCH3 is 1. The van der Waals surface area contributed by atoms with Gasteiger partial charge in [-0.25, -0.2) is 0 Å². The number of rotatable bonds is 5. The van der Waals surface area contributed by atoms with E-state index in [-0.39, 0.29) is 18.3 Å². The van der Waals surface area contributed by atoms with Crippen molar-refractivity contribution in [2.24, 2.45) is 5.92 Å². The van der Waals surface area contributed by atoms with Crippen molar-refractivity contribution in [2.45, 2.75) is 19.3 Å². The van der Waals surface area contributed by atoms with E-state index in [4.69, 9.17) is 21.1 Å². The van der Waals surface area contributed by atoms with E-state index in [1.807, 2.05) is 42.5 Å². The molecule has 0 saturated heterocycles. The summed E-state index contributed by atoms with van der Waals surface area (Å²) in [6, 6.07) is 14.8. The molecule has 0 saturated carbocycles. The molecule has 2 atom stereocenters. The van der Waals surface area contributed by atoms with Gasteiger partial charge in [0.1, 0.15) is 11.7 Å². The van der Waals surface area contributed by atoms with E-state index < -0.39 is 11.9 Å². The van der Waals surface area contributed by atoms with Crippen LogP contribution in [0, 0.1) is 5.92 Å². The lowest BCUT2D eigenvalue weighted by Gasteiger charge is -2.30. The summed E-state index contributed by atoms with van der Waals surface area (Å²) in [4.78, 5) is 25.4. The summed E-state index contributed by atoms with van der Waals surface area (Å²) in [5.41, 5.74) is 2.57. The van der Waals surface area contributed by atoms with Gasteiger partial charge in [-0.15, -0.1) is 0 Å². The van der Waals surface area contributed by atoms with E-state index >= 15 is 0 Å². The van der Waals surface area contributed by atoms with Crippen LogP contribution < -0.4 is 4.74 Å². The lowest BCUT2D eigenvalue weighted by molar-refractivity contribution is -0.151. The van der Waals surface area contributed by atoms with Crippen molar-refractivity contribution in [3.8, 4) is 5.75 Å². The molecule has 0 heterocycles. The average molecular weight is 385 g/mol. The van der Waals surface area contributed by atoms with E-state index in [9.17, 15) is 9.59 Å². The van der Waals surface area contributed by atoms with Gasteiger partial charge in [-0.1, -0.05) is 41.9 Å². The maximum atomic E-state index is 12.9. The fourth-order valence-electron chi connectivity index (χ4n) is 3.46. The largest absolute Gasteiger partial charge is 0.497 e. The third kappa shape index (κ3) is 4.06. The van der Waals surface area contributed by atoms with Crippen molar-refractivity contribution < 1.29 is 19.1 Å². The fourth-order valence-corrected chi connectivity index (χ4v) is 3.73. The number of carbonyl (C=O) groups excluding carboxylic acids is 2. The molecule has 5 heteroatoms. The minimum absolute atomic E-state index is 0.229. The highest BCUT2D eigenvalue weighted by Gasteiger charge is 2.40. The SMILES string of the molecule is CCOC(=O)C1C(=O)C=C(c2ccc(OC)cc2)CC1c1ccccc1Cl. The van der Waals surface area contributed by atoms with Gasteiger partial charge in [0, 0.05) is 10.9 Å². The van der Waals surface area contributed by atoms with Crippen LogP contribution in [0.4, 0.5) is 0 Å². The van der Waals surface area contributed by atoms with Crippen LogP contribution in [0.3, 0.4) is 0 Å².